The molecule has 0 unspecified atom stereocenters. The summed E-state index contributed by atoms with van der Waals surface area (Å²) in [6.45, 7) is 0. The molecule has 0 amide bonds. The highest BCUT2D eigenvalue weighted by Crippen LogP contribution is 1.73. The molecule has 0 fully saturated rings. The molecule has 6 heavy (non-hydrogen) atoms. The van der Waals surface area contributed by atoms with Crippen LogP contribution in [0.15, 0.2) is 4.51 Å². The maximum Gasteiger partial charge on any atom is 0.298 e. The number of hydrogen-bond donors (Lipinski definition) is 1. The third-order valence-electron chi connectivity index (χ3n) is 0.292. The summed E-state index contributed by atoms with van der Waals surface area (Å²) in [6.07, 6.45) is 0. The molecule has 2 N–H and O–H groups in total. The van der Waals surface area contributed by atoms with Crippen molar-refractivity contribution in [1.82, 2.24) is 0 Å². The Morgan fingerprint density at radius 3 is 2.50 bits per heavy atom. The Kier molecular flexibility index (Phi) is 2.58. The van der Waals surface area contributed by atoms with Gasteiger partial charge >= 0.3 is 0 Å². The van der Waals surface area contributed by atoms with E-state index in [4.69, 9.17) is 17.5 Å². The lowest BCUT2D eigenvalue weighted by Gasteiger charge is -1.88. The molecule has 0 bridgehead atoms. The van der Waals surface area contributed by atoms with Crippen molar-refractivity contribution < 1.29 is 4.74 Å². The number of methoxy groups -OCH3 is 1. The van der Waals surface area contributed by atoms with E-state index in [9.17, 15) is 0 Å². The fourth-order valence-corrected chi connectivity index (χ4v) is 0.104. The molecule has 0 aromatic carbocycles. The maximum atomic E-state index is 4.87. The first-order chi connectivity index (χ1) is 2.81. The van der Waals surface area contributed by atoms with Crippen LogP contribution in [0, 0.1) is 0 Å². The van der Waals surface area contributed by atoms with Gasteiger partial charge in [0.2, 0.25) is 0 Å². The largest absolute Gasteiger partial charge is 0.468 e. The molecule has 0 radical (unpaired) electrons. The van der Waals surface area contributed by atoms with Gasteiger partial charge in [-0.3, -0.25) is 0 Å². The highest BCUT2D eigenvalue weighted by Gasteiger charge is 1.77. The standard InChI is InChI=1S/C2H5ClN2O/c1-6-2(4)5-3/h1H3,(H2,4,5). The smallest absolute Gasteiger partial charge is 0.298 e. The van der Waals surface area contributed by atoms with Gasteiger partial charge in [-0.25, -0.2) is 0 Å². The zero-order chi connectivity index (χ0) is 4.99. The molecule has 0 aliphatic carbocycles. The van der Waals surface area contributed by atoms with Crippen molar-refractivity contribution in [2.45, 2.75) is 0 Å². The lowest BCUT2D eigenvalue weighted by Crippen LogP contribution is -2.11. The Labute approximate surface area is 40.9 Å². The van der Waals surface area contributed by atoms with Gasteiger partial charge in [-0.2, -0.15) is 0 Å². The molecule has 0 atom stereocenters. The zero-order valence-corrected chi connectivity index (χ0v) is 4.07. The molecule has 0 spiro atoms. The lowest BCUT2D eigenvalue weighted by molar-refractivity contribution is 0.398. The third-order valence-corrected chi connectivity index (χ3v) is 0.459. The summed E-state index contributed by atoms with van der Waals surface area (Å²) < 4.78 is 7.25. The SMILES string of the molecule is CO/C(N)=N\Cl. The summed E-state index contributed by atoms with van der Waals surface area (Å²) in [4.78, 5) is 0. The van der Waals surface area contributed by atoms with Crippen LogP contribution in [0.3, 0.4) is 0 Å². The van der Waals surface area contributed by atoms with E-state index in [2.05, 4.69) is 9.25 Å². The Bertz CT molecular complexity index is 62.6. The minimum Gasteiger partial charge on any atom is -0.468 e. The fourth-order valence-electron chi connectivity index (χ4n) is 0.0345. The molecule has 0 rings (SSSR count). The fraction of sp³-hybridized carbons (Fsp3) is 0.500. The van der Waals surface area contributed by atoms with Gasteiger partial charge in [-0.1, -0.05) is 0 Å². The van der Waals surface area contributed by atoms with E-state index in [1.54, 1.807) is 0 Å². The Morgan fingerprint density at radius 2 is 2.50 bits per heavy atom. The van der Waals surface area contributed by atoms with Gasteiger partial charge in [0.15, 0.2) is 0 Å². The van der Waals surface area contributed by atoms with Gasteiger partial charge in [0, 0.05) is 11.8 Å². The minimum absolute atomic E-state index is 0.0170. The lowest BCUT2D eigenvalue weighted by atomic mass is 11.2. The summed E-state index contributed by atoms with van der Waals surface area (Å²) in [5.74, 6) is 0. The number of hydrogen-bond acceptors (Lipinski definition) is 2. The molecule has 4 heteroatoms. The van der Waals surface area contributed by atoms with Crippen LogP contribution in [0.25, 0.3) is 0 Å². The highest BCUT2D eigenvalue weighted by atomic mass is 35.5. The molecule has 36 valence electrons. The Morgan fingerprint density at radius 1 is 2.00 bits per heavy atom. The summed E-state index contributed by atoms with van der Waals surface area (Å²) in [7, 11) is 1.39. The van der Waals surface area contributed by atoms with Crippen LogP contribution in [0.4, 0.5) is 0 Å². The normalized spacial score (nSPS) is 11.3. The first kappa shape index (κ1) is 5.56. The molecular weight excluding hydrogens is 103 g/mol. The van der Waals surface area contributed by atoms with Gasteiger partial charge in [-0.15, -0.1) is 4.51 Å². The second kappa shape index (κ2) is 2.78. The van der Waals surface area contributed by atoms with Gasteiger partial charge in [0.1, 0.15) is 0 Å². The van der Waals surface area contributed by atoms with Crippen molar-refractivity contribution in [3.63, 3.8) is 0 Å². The van der Waals surface area contributed by atoms with E-state index in [0.29, 0.717) is 0 Å². The van der Waals surface area contributed by atoms with E-state index in [-0.39, 0.29) is 6.02 Å². The van der Waals surface area contributed by atoms with Gasteiger partial charge in [0.25, 0.3) is 6.02 Å². The predicted octanol–water partition coefficient (Wildman–Crippen LogP) is 0.101. The van der Waals surface area contributed by atoms with Crippen molar-refractivity contribution in [2.24, 2.45) is 10.2 Å². The minimum atomic E-state index is -0.0170. The molecule has 3 nitrogen and oxygen atoms in total. The molecule has 0 saturated carbocycles. The van der Waals surface area contributed by atoms with Crippen LogP contribution in [0.5, 0.6) is 0 Å². The number of rotatable bonds is 0. The van der Waals surface area contributed by atoms with Crippen molar-refractivity contribution in [3.05, 3.63) is 0 Å². The molecule has 0 aromatic heterocycles. The number of halogens is 1. The average Bonchev–Trinajstić information content (AvgIpc) is 1.65. The van der Waals surface area contributed by atoms with Crippen LogP contribution >= 0.6 is 11.8 Å². The monoisotopic (exact) mass is 108 g/mol. The van der Waals surface area contributed by atoms with Crippen LogP contribution in [-0.2, 0) is 4.74 Å². The Balaban J connectivity index is 3.22. The van der Waals surface area contributed by atoms with Crippen LogP contribution in [0.2, 0.25) is 0 Å². The maximum absolute atomic E-state index is 4.87. The average molecular weight is 109 g/mol. The first-order valence-electron chi connectivity index (χ1n) is 1.29. The van der Waals surface area contributed by atoms with Crippen LogP contribution in [0.1, 0.15) is 0 Å². The third kappa shape index (κ3) is 1.84. The van der Waals surface area contributed by atoms with Gasteiger partial charge in [-0.05, 0) is 0 Å². The second-order valence-corrected chi connectivity index (χ2v) is 0.796. The van der Waals surface area contributed by atoms with Crippen molar-refractivity contribution >= 4 is 17.8 Å². The van der Waals surface area contributed by atoms with Crippen molar-refractivity contribution in [3.8, 4) is 0 Å². The molecule has 0 heterocycles. The molecule has 0 saturated heterocycles. The number of nitrogens with zero attached hydrogens (tertiary/aromatic N) is 1. The van der Waals surface area contributed by atoms with Crippen molar-refractivity contribution in [2.75, 3.05) is 7.11 Å². The second-order valence-electron chi connectivity index (χ2n) is 0.627. The summed E-state index contributed by atoms with van der Waals surface area (Å²) in [6, 6.07) is -0.0170. The Hall–Kier alpha value is -0.440. The van der Waals surface area contributed by atoms with E-state index >= 15 is 0 Å². The first-order valence-corrected chi connectivity index (χ1v) is 1.63. The molecule has 0 aliphatic heterocycles. The van der Waals surface area contributed by atoms with E-state index in [1.165, 1.54) is 7.11 Å². The molecule has 0 aliphatic rings. The molecular formula is C2H5ClN2O. The topological polar surface area (TPSA) is 47.6 Å². The van der Waals surface area contributed by atoms with E-state index < -0.39 is 0 Å². The summed E-state index contributed by atoms with van der Waals surface area (Å²) in [5, 5.41) is 0. The van der Waals surface area contributed by atoms with E-state index in [1.807, 2.05) is 0 Å². The number of ether oxygens (including phenoxy) is 1. The zero-order valence-electron chi connectivity index (χ0n) is 3.31. The van der Waals surface area contributed by atoms with Crippen LogP contribution < -0.4 is 5.73 Å². The quantitative estimate of drug-likeness (QED) is 0.354. The number of nitrogens with two attached hydrogens (primary N) is 1. The van der Waals surface area contributed by atoms with Gasteiger partial charge in [0.05, 0.1) is 7.11 Å². The highest BCUT2D eigenvalue weighted by molar-refractivity contribution is 6.18. The van der Waals surface area contributed by atoms with E-state index in [0.717, 1.165) is 0 Å². The van der Waals surface area contributed by atoms with Crippen LogP contribution in [-0.4, -0.2) is 13.1 Å². The molecule has 0 aromatic rings. The predicted molar refractivity (Wildman–Crippen MR) is 24.5 cm³/mol. The summed E-state index contributed by atoms with van der Waals surface area (Å²) >= 11 is 4.79. The number of amidine groups is 1. The van der Waals surface area contributed by atoms with Crippen molar-refractivity contribution in [1.29, 1.82) is 0 Å². The summed E-state index contributed by atoms with van der Waals surface area (Å²) in [5.41, 5.74) is 4.87. The van der Waals surface area contributed by atoms with Gasteiger partial charge < -0.3 is 10.5 Å².